The third kappa shape index (κ3) is 6.54. The summed E-state index contributed by atoms with van der Waals surface area (Å²) in [6.07, 6.45) is 0.599. The van der Waals surface area contributed by atoms with Crippen LogP contribution in [0.3, 0.4) is 0 Å². The second-order valence-corrected chi connectivity index (χ2v) is 7.78. The smallest absolute Gasteiger partial charge is 0.409 e. The maximum atomic E-state index is 12.9. The summed E-state index contributed by atoms with van der Waals surface area (Å²) in [7, 11) is 0. The Morgan fingerprint density at radius 3 is 2.37 bits per heavy atom. The predicted octanol–water partition coefficient (Wildman–Crippen LogP) is 3.23. The lowest BCUT2D eigenvalue weighted by Crippen LogP contribution is -2.45. The Morgan fingerprint density at radius 1 is 1.04 bits per heavy atom. The molecule has 0 aromatic heterocycles. The lowest BCUT2D eigenvalue weighted by molar-refractivity contribution is -0.120. The van der Waals surface area contributed by atoms with Crippen LogP contribution in [0.5, 0.6) is 0 Å². The molecule has 150 valence electrons. The number of nitrogens with zero attached hydrogens (tertiary/aromatic N) is 3. The van der Waals surface area contributed by atoms with Gasteiger partial charge in [-0.15, -0.1) is 0 Å². The summed E-state index contributed by atoms with van der Waals surface area (Å²) in [5.74, 6) is 0.419. The fourth-order valence-electron chi connectivity index (χ4n) is 3.23. The van der Waals surface area contributed by atoms with Crippen molar-refractivity contribution in [1.82, 2.24) is 9.80 Å². The number of ether oxygens (including phenoxy) is 1. The maximum Gasteiger partial charge on any atom is 0.409 e. The van der Waals surface area contributed by atoms with Crippen LogP contribution < -0.4 is 4.90 Å². The summed E-state index contributed by atoms with van der Waals surface area (Å²) < 4.78 is 5.34. The van der Waals surface area contributed by atoms with E-state index in [-0.39, 0.29) is 18.0 Å². The van der Waals surface area contributed by atoms with Crippen molar-refractivity contribution in [3.8, 4) is 0 Å². The minimum absolute atomic E-state index is 0.0898. The molecule has 0 radical (unpaired) electrons. The number of para-hydroxylation sites is 1. The number of amides is 2. The highest BCUT2D eigenvalue weighted by atomic mass is 16.6. The summed E-state index contributed by atoms with van der Waals surface area (Å²) in [4.78, 5) is 30.9. The summed E-state index contributed by atoms with van der Waals surface area (Å²) >= 11 is 0. The first kappa shape index (κ1) is 21.2. The minimum Gasteiger partial charge on any atom is -0.449 e. The highest BCUT2D eigenvalue weighted by Gasteiger charge is 2.25. The zero-order chi connectivity index (χ0) is 19.8. The predicted molar refractivity (Wildman–Crippen MR) is 108 cm³/mol. The number of carbonyl (C=O) groups is 2. The van der Waals surface area contributed by atoms with Crippen molar-refractivity contribution >= 4 is 17.7 Å². The maximum absolute atomic E-state index is 12.9. The molecule has 0 saturated carbocycles. The Labute approximate surface area is 163 Å². The van der Waals surface area contributed by atoms with Crippen molar-refractivity contribution in [2.24, 2.45) is 5.92 Å². The molecular formula is C21H33N3O3. The standard InChI is InChI=1S/C21H33N3O3/c1-17(2)16-27-21(26)23-12-8-11-22(13-14-23)15-20(25)24(18(3)4)19-9-6-5-7-10-19/h5-7,9-10,17-18H,8,11-16H2,1-4H3. The molecule has 0 bridgehead atoms. The highest BCUT2D eigenvalue weighted by Crippen LogP contribution is 2.17. The Hall–Kier alpha value is -2.08. The van der Waals surface area contributed by atoms with E-state index in [4.69, 9.17) is 4.74 Å². The number of benzene rings is 1. The van der Waals surface area contributed by atoms with Crippen LogP contribution in [0.4, 0.5) is 10.5 Å². The molecule has 0 unspecified atom stereocenters. The second-order valence-electron chi connectivity index (χ2n) is 7.78. The number of anilines is 1. The summed E-state index contributed by atoms with van der Waals surface area (Å²) in [6.45, 7) is 11.7. The average molecular weight is 376 g/mol. The minimum atomic E-state index is -0.245. The normalized spacial score (nSPS) is 15.7. The van der Waals surface area contributed by atoms with Crippen LogP contribution in [0, 0.1) is 5.92 Å². The van der Waals surface area contributed by atoms with Crippen LogP contribution >= 0.6 is 0 Å². The molecular weight excluding hydrogens is 342 g/mol. The molecule has 1 saturated heterocycles. The molecule has 2 rings (SSSR count). The van der Waals surface area contributed by atoms with Crippen molar-refractivity contribution in [2.45, 2.75) is 40.2 Å². The number of hydrogen-bond acceptors (Lipinski definition) is 4. The van der Waals surface area contributed by atoms with Crippen LogP contribution in [0.1, 0.15) is 34.1 Å². The molecule has 1 aromatic rings. The van der Waals surface area contributed by atoms with Gasteiger partial charge in [0.25, 0.3) is 0 Å². The third-order valence-corrected chi connectivity index (χ3v) is 4.57. The molecule has 0 aliphatic carbocycles. The quantitative estimate of drug-likeness (QED) is 0.766. The molecule has 1 heterocycles. The van der Waals surface area contributed by atoms with Gasteiger partial charge in [0.05, 0.1) is 13.2 Å². The second kappa shape index (κ2) is 10.3. The lowest BCUT2D eigenvalue weighted by Gasteiger charge is -2.30. The van der Waals surface area contributed by atoms with E-state index in [0.717, 1.165) is 18.7 Å². The molecule has 0 N–H and O–H groups in total. The monoisotopic (exact) mass is 375 g/mol. The van der Waals surface area contributed by atoms with Crippen molar-refractivity contribution in [3.05, 3.63) is 30.3 Å². The fourth-order valence-corrected chi connectivity index (χ4v) is 3.23. The number of hydrogen-bond donors (Lipinski definition) is 0. The van der Waals surface area contributed by atoms with Gasteiger partial charge in [-0.3, -0.25) is 9.69 Å². The van der Waals surface area contributed by atoms with Gasteiger partial charge in [-0.25, -0.2) is 4.79 Å². The van der Waals surface area contributed by atoms with Gasteiger partial charge >= 0.3 is 6.09 Å². The van der Waals surface area contributed by atoms with E-state index in [1.165, 1.54) is 0 Å². The molecule has 0 atom stereocenters. The summed E-state index contributed by atoms with van der Waals surface area (Å²) in [5, 5.41) is 0. The molecule has 2 amide bonds. The fraction of sp³-hybridized carbons (Fsp3) is 0.619. The highest BCUT2D eigenvalue weighted by molar-refractivity contribution is 5.95. The number of rotatable bonds is 6. The first-order chi connectivity index (χ1) is 12.9. The first-order valence-corrected chi connectivity index (χ1v) is 9.89. The summed E-state index contributed by atoms with van der Waals surface area (Å²) in [5.41, 5.74) is 0.922. The Morgan fingerprint density at radius 2 is 1.74 bits per heavy atom. The van der Waals surface area contributed by atoms with Gasteiger partial charge < -0.3 is 14.5 Å². The van der Waals surface area contributed by atoms with Crippen LogP contribution in [0.2, 0.25) is 0 Å². The van der Waals surface area contributed by atoms with Gasteiger partial charge in [0.15, 0.2) is 0 Å². The first-order valence-electron chi connectivity index (χ1n) is 9.89. The van der Waals surface area contributed by atoms with E-state index < -0.39 is 0 Å². The zero-order valence-electron chi connectivity index (χ0n) is 17.1. The molecule has 1 aliphatic rings. The van der Waals surface area contributed by atoms with Gasteiger partial charge in [0.1, 0.15) is 0 Å². The van der Waals surface area contributed by atoms with E-state index >= 15 is 0 Å². The van der Waals surface area contributed by atoms with Gasteiger partial charge in [0, 0.05) is 37.9 Å². The van der Waals surface area contributed by atoms with E-state index in [1.54, 1.807) is 4.90 Å². The molecule has 6 nitrogen and oxygen atoms in total. The van der Waals surface area contributed by atoms with Crippen LogP contribution in [0.15, 0.2) is 30.3 Å². The van der Waals surface area contributed by atoms with Gasteiger partial charge in [0.2, 0.25) is 5.91 Å². The topological polar surface area (TPSA) is 53.1 Å². The lowest BCUT2D eigenvalue weighted by atomic mass is 10.2. The van der Waals surface area contributed by atoms with Crippen molar-refractivity contribution in [1.29, 1.82) is 0 Å². The molecule has 27 heavy (non-hydrogen) atoms. The van der Waals surface area contributed by atoms with Gasteiger partial charge in [-0.05, 0) is 38.3 Å². The van der Waals surface area contributed by atoms with Crippen LogP contribution in [-0.2, 0) is 9.53 Å². The van der Waals surface area contributed by atoms with E-state index in [9.17, 15) is 9.59 Å². The number of carbonyl (C=O) groups excluding carboxylic acids is 2. The van der Waals surface area contributed by atoms with Crippen molar-refractivity contribution < 1.29 is 14.3 Å². The third-order valence-electron chi connectivity index (χ3n) is 4.57. The Balaban J connectivity index is 1.91. The average Bonchev–Trinajstić information content (AvgIpc) is 2.86. The molecule has 6 heteroatoms. The zero-order valence-corrected chi connectivity index (χ0v) is 17.1. The van der Waals surface area contributed by atoms with Crippen LogP contribution in [-0.4, -0.2) is 67.2 Å². The van der Waals surface area contributed by atoms with Gasteiger partial charge in [-0.1, -0.05) is 32.0 Å². The van der Waals surface area contributed by atoms with Crippen molar-refractivity contribution in [2.75, 3.05) is 44.2 Å². The van der Waals surface area contributed by atoms with E-state index in [1.807, 2.05) is 62.9 Å². The SMILES string of the molecule is CC(C)COC(=O)N1CCCN(CC(=O)N(c2ccccc2)C(C)C)CC1. The Bertz CT molecular complexity index is 604. The van der Waals surface area contributed by atoms with Gasteiger partial charge in [-0.2, -0.15) is 0 Å². The van der Waals surface area contributed by atoms with Crippen LogP contribution in [0.25, 0.3) is 0 Å². The Kier molecular flexibility index (Phi) is 8.10. The summed E-state index contributed by atoms with van der Waals surface area (Å²) in [6, 6.07) is 9.87. The van der Waals surface area contributed by atoms with Crippen molar-refractivity contribution in [3.63, 3.8) is 0 Å². The largest absolute Gasteiger partial charge is 0.449 e. The molecule has 0 spiro atoms. The molecule has 1 aromatic carbocycles. The molecule has 1 fully saturated rings. The van der Waals surface area contributed by atoms with E-state index in [0.29, 0.717) is 38.7 Å². The molecule has 1 aliphatic heterocycles. The van der Waals surface area contributed by atoms with E-state index in [2.05, 4.69) is 4.90 Å².